The van der Waals surface area contributed by atoms with Crippen LogP contribution in [-0.2, 0) is 6.54 Å². The van der Waals surface area contributed by atoms with Crippen LogP contribution in [0, 0.1) is 0 Å². The molecule has 3 N–H and O–H groups in total. The molecule has 2 heterocycles. The smallest absolute Gasteiger partial charge is 0.275 e. The van der Waals surface area contributed by atoms with Crippen LogP contribution in [0.5, 0.6) is 0 Å². The molecule has 0 aliphatic rings. The van der Waals surface area contributed by atoms with E-state index < -0.39 is 0 Å². The van der Waals surface area contributed by atoms with Crippen molar-refractivity contribution in [2.45, 2.75) is 19.5 Å². The first-order chi connectivity index (χ1) is 9.67. The summed E-state index contributed by atoms with van der Waals surface area (Å²) in [5.41, 5.74) is 2.00. The van der Waals surface area contributed by atoms with Gasteiger partial charge in [-0.1, -0.05) is 6.92 Å². The molecule has 7 heteroatoms. The molecule has 1 atom stereocenters. The van der Waals surface area contributed by atoms with Crippen molar-refractivity contribution in [1.82, 2.24) is 19.9 Å². The predicted octanol–water partition coefficient (Wildman–Crippen LogP) is 0.797. The molecular formula is C13H20N4O2S. The van der Waals surface area contributed by atoms with Crippen LogP contribution in [0.4, 0.5) is 0 Å². The second-order valence-corrected chi connectivity index (χ2v) is 6.00. The highest BCUT2D eigenvalue weighted by molar-refractivity contribution is 7.99. The summed E-state index contributed by atoms with van der Waals surface area (Å²) < 4.78 is 0. The molecular weight excluding hydrogens is 276 g/mol. The first kappa shape index (κ1) is 15.1. The first-order valence-electron chi connectivity index (χ1n) is 6.59. The SMILES string of the molecule is CCSC[C@H](CO)N(C)Cc1c[nH]c2c(=O)[nH]cnc12. The lowest BCUT2D eigenvalue weighted by atomic mass is 10.2. The van der Waals surface area contributed by atoms with Gasteiger partial charge < -0.3 is 15.1 Å². The highest BCUT2D eigenvalue weighted by Crippen LogP contribution is 2.16. The number of H-pyrrole nitrogens is 2. The van der Waals surface area contributed by atoms with Crippen LogP contribution in [0.25, 0.3) is 11.0 Å². The number of hydrogen-bond donors (Lipinski definition) is 3. The molecule has 0 unspecified atom stereocenters. The summed E-state index contributed by atoms with van der Waals surface area (Å²) in [5, 5.41) is 9.48. The summed E-state index contributed by atoms with van der Waals surface area (Å²) >= 11 is 1.81. The van der Waals surface area contributed by atoms with E-state index in [1.807, 2.05) is 25.0 Å². The van der Waals surface area contributed by atoms with Crippen molar-refractivity contribution in [2.75, 3.05) is 25.2 Å². The molecule has 0 aliphatic carbocycles. The van der Waals surface area contributed by atoms with Gasteiger partial charge in [-0.3, -0.25) is 9.69 Å². The molecule has 2 aromatic rings. The van der Waals surface area contributed by atoms with Crippen LogP contribution < -0.4 is 5.56 Å². The summed E-state index contributed by atoms with van der Waals surface area (Å²) in [6.07, 6.45) is 3.23. The molecule has 2 rings (SSSR count). The zero-order chi connectivity index (χ0) is 14.5. The number of nitrogens with zero attached hydrogens (tertiary/aromatic N) is 2. The van der Waals surface area contributed by atoms with Gasteiger partial charge in [-0.05, 0) is 12.8 Å². The molecule has 0 aliphatic heterocycles. The lowest BCUT2D eigenvalue weighted by Crippen LogP contribution is -2.36. The van der Waals surface area contributed by atoms with E-state index in [2.05, 4.69) is 26.8 Å². The van der Waals surface area contributed by atoms with Gasteiger partial charge in [-0.2, -0.15) is 11.8 Å². The third-order valence-corrected chi connectivity index (χ3v) is 4.34. The number of aromatic nitrogens is 3. The molecule has 0 bridgehead atoms. The Kier molecular flexibility index (Phi) is 5.22. The van der Waals surface area contributed by atoms with E-state index in [0.29, 0.717) is 17.6 Å². The molecule has 110 valence electrons. The summed E-state index contributed by atoms with van der Waals surface area (Å²) in [6, 6.07) is 0.104. The Labute approximate surface area is 121 Å². The fraction of sp³-hybridized carbons (Fsp3) is 0.538. The fourth-order valence-corrected chi connectivity index (χ4v) is 2.96. The van der Waals surface area contributed by atoms with Gasteiger partial charge >= 0.3 is 0 Å². The average molecular weight is 296 g/mol. The monoisotopic (exact) mass is 296 g/mol. The minimum atomic E-state index is -0.163. The van der Waals surface area contributed by atoms with Crippen molar-refractivity contribution < 1.29 is 5.11 Å². The fourth-order valence-electron chi connectivity index (χ4n) is 2.10. The molecule has 0 spiro atoms. The molecule has 0 radical (unpaired) electrons. The number of rotatable bonds is 7. The molecule has 0 aromatic carbocycles. The first-order valence-corrected chi connectivity index (χ1v) is 7.75. The number of fused-ring (bicyclic) bond motifs is 1. The average Bonchev–Trinajstić information content (AvgIpc) is 2.84. The van der Waals surface area contributed by atoms with Crippen molar-refractivity contribution in [3.63, 3.8) is 0 Å². The van der Waals surface area contributed by atoms with E-state index in [9.17, 15) is 9.90 Å². The summed E-state index contributed by atoms with van der Waals surface area (Å²) in [4.78, 5) is 23.4. The highest BCUT2D eigenvalue weighted by Gasteiger charge is 2.16. The number of aliphatic hydroxyl groups excluding tert-OH is 1. The number of hydrogen-bond acceptors (Lipinski definition) is 5. The zero-order valence-electron chi connectivity index (χ0n) is 11.7. The van der Waals surface area contributed by atoms with Crippen molar-refractivity contribution in [1.29, 1.82) is 0 Å². The van der Waals surface area contributed by atoms with Gasteiger partial charge in [-0.25, -0.2) is 4.98 Å². The van der Waals surface area contributed by atoms with Gasteiger partial charge in [-0.15, -0.1) is 0 Å². The van der Waals surface area contributed by atoms with Crippen LogP contribution in [0.1, 0.15) is 12.5 Å². The second-order valence-electron chi connectivity index (χ2n) is 4.68. The number of nitrogens with one attached hydrogen (secondary N) is 2. The molecule has 0 saturated heterocycles. The van der Waals surface area contributed by atoms with Crippen LogP contribution in [0.2, 0.25) is 0 Å². The van der Waals surface area contributed by atoms with Crippen LogP contribution in [0.3, 0.4) is 0 Å². The molecule has 6 nitrogen and oxygen atoms in total. The maximum absolute atomic E-state index is 11.6. The highest BCUT2D eigenvalue weighted by atomic mass is 32.2. The van der Waals surface area contributed by atoms with Gasteiger partial charge in [0.15, 0.2) is 0 Å². The quantitative estimate of drug-likeness (QED) is 0.703. The zero-order valence-corrected chi connectivity index (χ0v) is 12.5. The van der Waals surface area contributed by atoms with Gasteiger partial charge in [0.1, 0.15) is 5.52 Å². The largest absolute Gasteiger partial charge is 0.395 e. The van der Waals surface area contributed by atoms with E-state index in [4.69, 9.17) is 0 Å². The molecule has 0 fully saturated rings. The number of aromatic amines is 2. The second kappa shape index (κ2) is 6.92. The third kappa shape index (κ3) is 3.23. The lowest BCUT2D eigenvalue weighted by Gasteiger charge is -2.25. The van der Waals surface area contributed by atoms with Gasteiger partial charge in [0.2, 0.25) is 0 Å². The Balaban J connectivity index is 2.15. The number of thioether (sulfide) groups is 1. The Hall–Kier alpha value is -1.31. The molecule has 0 amide bonds. The van der Waals surface area contributed by atoms with Crippen LogP contribution >= 0.6 is 11.8 Å². The predicted molar refractivity (Wildman–Crippen MR) is 82.1 cm³/mol. The number of likely N-dealkylation sites (N-methyl/N-ethyl adjacent to an activating group) is 1. The number of aliphatic hydroxyl groups is 1. The summed E-state index contributed by atoms with van der Waals surface area (Å²) in [7, 11) is 1.98. The lowest BCUT2D eigenvalue weighted by molar-refractivity contribution is 0.157. The van der Waals surface area contributed by atoms with E-state index in [1.54, 1.807) is 0 Å². The molecule has 0 saturated carbocycles. The third-order valence-electron chi connectivity index (χ3n) is 3.32. The van der Waals surface area contributed by atoms with Gasteiger partial charge in [0, 0.05) is 30.1 Å². The van der Waals surface area contributed by atoms with E-state index >= 15 is 0 Å². The van der Waals surface area contributed by atoms with Crippen LogP contribution in [-0.4, -0.2) is 56.2 Å². The molecule has 2 aromatic heterocycles. The Morgan fingerprint density at radius 1 is 1.50 bits per heavy atom. The van der Waals surface area contributed by atoms with Gasteiger partial charge in [0.05, 0.1) is 18.5 Å². The Morgan fingerprint density at radius 2 is 2.30 bits per heavy atom. The topological polar surface area (TPSA) is 85.0 Å². The minimum Gasteiger partial charge on any atom is -0.395 e. The standard InChI is InChI=1S/C13H20N4O2S/c1-3-20-7-10(6-18)17(2)5-9-4-14-12-11(9)15-8-16-13(12)19/h4,8,10,14,18H,3,5-7H2,1-2H3,(H,15,16,19)/t10-/m0/s1. The van der Waals surface area contributed by atoms with Crippen LogP contribution in [0.15, 0.2) is 17.3 Å². The van der Waals surface area contributed by atoms with Crippen molar-refractivity contribution in [3.8, 4) is 0 Å². The summed E-state index contributed by atoms with van der Waals surface area (Å²) in [6.45, 7) is 2.88. The van der Waals surface area contributed by atoms with Gasteiger partial charge in [0.25, 0.3) is 5.56 Å². The maximum Gasteiger partial charge on any atom is 0.275 e. The Morgan fingerprint density at radius 3 is 3.00 bits per heavy atom. The Bertz CT molecular complexity index is 610. The van der Waals surface area contributed by atoms with Crippen molar-refractivity contribution >= 4 is 22.8 Å². The molecule has 20 heavy (non-hydrogen) atoms. The van der Waals surface area contributed by atoms with E-state index in [0.717, 1.165) is 17.1 Å². The normalized spacial score (nSPS) is 13.2. The minimum absolute atomic E-state index is 0.104. The van der Waals surface area contributed by atoms with Crippen molar-refractivity contribution in [3.05, 3.63) is 28.4 Å². The summed E-state index contributed by atoms with van der Waals surface area (Å²) in [5.74, 6) is 1.92. The van der Waals surface area contributed by atoms with Crippen molar-refractivity contribution in [2.24, 2.45) is 0 Å². The maximum atomic E-state index is 11.6. The van der Waals surface area contributed by atoms with E-state index in [-0.39, 0.29) is 18.2 Å². The van der Waals surface area contributed by atoms with E-state index in [1.165, 1.54) is 6.33 Å².